The molecule has 1 amide bonds. The van der Waals surface area contributed by atoms with E-state index in [0.717, 1.165) is 82.1 Å². The molecule has 2 aliphatic carbocycles. The topological polar surface area (TPSA) is 126 Å². The van der Waals surface area contributed by atoms with Gasteiger partial charge >= 0.3 is 0 Å². The number of hydrogen-bond acceptors (Lipinski definition) is 10. The predicted molar refractivity (Wildman–Crippen MR) is 213 cm³/mol. The molecule has 1 unspecified atom stereocenters. The Kier molecular flexibility index (Phi) is 11.9. The maximum absolute atomic E-state index is 13.6. The Hall–Kier alpha value is -2.42. The number of ether oxygens (including phenoxy) is 2. The highest BCUT2D eigenvalue weighted by Gasteiger charge is 2.49. The summed E-state index contributed by atoms with van der Waals surface area (Å²) in [7, 11) is -5.07. The zero-order valence-electron chi connectivity index (χ0n) is 31.9. The molecule has 0 aromatic heterocycles. The standard InChI is InChI=1S/C40H57ClN4O7S2/c1-28-7-6-15-40(51-3,27-43-17-19-44(20-18-43)35-25-53(47,48)26-35)36-13-10-32(36)23-45-16-5-4-8-30-21-34(41)12-9-33(30)24-52-38-14-11-31(22-37(38)45)39(46)42-54(49,50)29(28)2/h6,9,11-12,14-15,21-22,28-30,32-33,35-36H,4-5,7-8,10,13,16-20,23-27H2,1-3H3,(H,42,46)/b15-6+/t28-,29+,30-,32-,33?,36+,40+/m0/s1. The van der Waals surface area contributed by atoms with E-state index in [1.54, 1.807) is 20.1 Å². The number of rotatable bonds is 4. The minimum absolute atomic E-state index is 0.120. The number of hydrogen-bond donors (Lipinski definition) is 1. The van der Waals surface area contributed by atoms with Crippen LogP contribution in [-0.2, 0) is 24.6 Å². The molecule has 7 rings (SSSR count). The number of piperazine rings is 1. The summed E-state index contributed by atoms with van der Waals surface area (Å²) in [6, 6.07) is 5.42. The van der Waals surface area contributed by atoms with E-state index in [9.17, 15) is 21.6 Å². The van der Waals surface area contributed by atoms with Gasteiger partial charge in [-0.3, -0.25) is 14.6 Å². The van der Waals surface area contributed by atoms with E-state index in [-0.39, 0.29) is 46.8 Å². The molecular weight excluding hydrogens is 748 g/mol. The van der Waals surface area contributed by atoms with Crippen LogP contribution in [0.25, 0.3) is 0 Å². The lowest BCUT2D eigenvalue weighted by molar-refractivity contribution is -0.0960. The first kappa shape index (κ1) is 39.8. The van der Waals surface area contributed by atoms with Gasteiger partial charge in [0.1, 0.15) is 11.4 Å². The number of sulfonamides is 1. The Morgan fingerprint density at radius 3 is 2.48 bits per heavy atom. The normalized spacial score (nSPS) is 35.7. The zero-order chi connectivity index (χ0) is 38.3. The van der Waals surface area contributed by atoms with Gasteiger partial charge in [-0.1, -0.05) is 49.2 Å². The SMILES string of the molecule is CO[C@@]1(CN2CCN(C3CS(=O)(=O)C3)CC2)/C=C/C[C@H](C)[C@@H](C)S(=O)(=O)NC(=O)c2ccc3c(c2)N(CCCC[C@H]2C=C(Cl)C=CC2CO3)C[C@@H]2CC[C@H]21. The fourth-order valence-corrected chi connectivity index (χ4v) is 12.4. The quantitative estimate of drug-likeness (QED) is 0.423. The molecule has 3 fully saturated rings. The van der Waals surface area contributed by atoms with Crippen LogP contribution >= 0.6 is 11.6 Å². The monoisotopic (exact) mass is 804 g/mol. The largest absolute Gasteiger partial charge is 0.491 e. The van der Waals surface area contributed by atoms with Crippen molar-refractivity contribution in [2.75, 3.05) is 75.9 Å². The van der Waals surface area contributed by atoms with Crippen LogP contribution in [0, 0.1) is 29.6 Å². The molecule has 0 radical (unpaired) electrons. The number of fused-ring (bicyclic) bond motifs is 3. The molecule has 4 aliphatic heterocycles. The molecule has 54 heavy (non-hydrogen) atoms. The van der Waals surface area contributed by atoms with Gasteiger partial charge in [-0.05, 0) is 87.0 Å². The van der Waals surface area contributed by atoms with E-state index >= 15 is 0 Å². The van der Waals surface area contributed by atoms with Gasteiger partial charge in [0, 0.05) is 75.5 Å². The number of carbonyl (C=O) groups excluding carboxylic acids is 1. The molecule has 1 N–H and O–H groups in total. The molecule has 1 saturated carbocycles. The Balaban J connectivity index is 1.20. The summed E-state index contributed by atoms with van der Waals surface area (Å²) in [6.07, 6.45) is 16.0. The van der Waals surface area contributed by atoms with Crippen molar-refractivity contribution in [2.24, 2.45) is 29.6 Å². The van der Waals surface area contributed by atoms with Crippen molar-refractivity contribution in [3.8, 4) is 5.75 Å². The molecule has 14 heteroatoms. The number of carbonyl (C=O) groups is 1. The van der Waals surface area contributed by atoms with Crippen LogP contribution in [0.5, 0.6) is 5.75 Å². The first-order chi connectivity index (χ1) is 25.8. The van der Waals surface area contributed by atoms with Crippen molar-refractivity contribution >= 4 is 43.1 Å². The molecule has 1 aromatic carbocycles. The number of allylic oxidation sites excluding steroid dienone is 4. The fourth-order valence-electron chi connectivity index (χ4n) is 9.36. The summed E-state index contributed by atoms with van der Waals surface area (Å²) in [4.78, 5) is 20.7. The second-order valence-corrected chi connectivity index (χ2v) is 21.2. The average Bonchev–Trinajstić information content (AvgIpc) is 3.14. The summed E-state index contributed by atoms with van der Waals surface area (Å²) in [6.45, 7) is 9.55. The van der Waals surface area contributed by atoms with Crippen molar-refractivity contribution in [3.63, 3.8) is 0 Å². The molecule has 298 valence electrons. The second-order valence-electron chi connectivity index (χ2n) is 16.6. The molecule has 1 aromatic rings. The van der Waals surface area contributed by atoms with Crippen molar-refractivity contribution in [3.05, 3.63) is 59.2 Å². The van der Waals surface area contributed by atoms with Gasteiger partial charge in [-0.25, -0.2) is 21.6 Å². The van der Waals surface area contributed by atoms with Gasteiger partial charge in [0.15, 0.2) is 9.84 Å². The fraction of sp³-hybridized carbons (Fsp3) is 0.675. The molecule has 7 atom stereocenters. The number of amides is 1. The number of sulfone groups is 1. The molecule has 11 nitrogen and oxygen atoms in total. The van der Waals surface area contributed by atoms with Crippen molar-refractivity contribution in [1.29, 1.82) is 0 Å². The van der Waals surface area contributed by atoms with Crippen LogP contribution in [-0.4, -0.2) is 120 Å². The lowest BCUT2D eigenvalue weighted by atomic mass is 9.63. The van der Waals surface area contributed by atoms with Crippen LogP contribution in [0.1, 0.15) is 62.7 Å². The van der Waals surface area contributed by atoms with E-state index < -0.39 is 36.6 Å². The first-order valence-corrected chi connectivity index (χ1v) is 23.5. The molecule has 2 bridgehead atoms. The van der Waals surface area contributed by atoms with E-state index in [2.05, 4.69) is 43.7 Å². The lowest BCUT2D eigenvalue weighted by Gasteiger charge is -2.52. The summed E-state index contributed by atoms with van der Waals surface area (Å²) in [5.41, 5.74) is 0.494. The van der Waals surface area contributed by atoms with E-state index in [4.69, 9.17) is 21.1 Å². The highest BCUT2D eigenvalue weighted by atomic mass is 35.5. The van der Waals surface area contributed by atoms with Crippen LogP contribution in [0.4, 0.5) is 5.69 Å². The van der Waals surface area contributed by atoms with Crippen molar-refractivity contribution in [1.82, 2.24) is 14.5 Å². The van der Waals surface area contributed by atoms with Gasteiger partial charge in [-0.15, -0.1) is 0 Å². The highest BCUT2D eigenvalue weighted by molar-refractivity contribution is 7.92. The average molecular weight is 806 g/mol. The van der Waals surface area contributed by atoms with Gasteiger partial charge in [0.05, 0.1) is 29.0 Å². The minimum Gasteiger partial charge on any atom is -0.491 e. The maximum Gasteiger partial charge on any atom is 0.264 e. The van der Waals surface area contributed by atoms with E-state index in [0.29, 0.717) is 31.2 Å². The van der Waals surface area contributed by atoms with Crippen molar-refractivity contribution < 1.29 is 31.1 Å². The maximum atomic E-state index is 13.6. The van der Waals surface area contributed by atoms with Gasteiger partial charge in [0.2, 0.25) is 10.0 Å². The van der Waals surface area contributed by atoms with Crippen molar-refractivity contribution in [2.45, 2.75) is 69.3 Å². The number of anilines is 1. The second kappa shape index (κ2) is 16.2. The number of methoxy groups -OCH3 is 1. The van der Waals surface area contributed by atoms with Crippen LogP contribution in [0.2, 0.25) is 0 Å². The van der Waals surface area contributed by atoms with Crippen LogP contribution in [0.15, 0.2) is 53.6 Å². The molecule has 6 aliphatic rings. The van der Waals surface area contributed by atoms with Gasteiger partial charge in [-0.2, -0.15) is 0 Å². The Morgan fingerprint density at radius 1 is 1.00 bits per heavy atom. The first-order valence-electron chi connectivity index (χ1n) is 19.8. The van der Waals surface area contributed by atoms with Crippen LogP contribution < -0.4 is 14.4 Å². The molecule has 2 saturated heterocycles. The minimum atomic E-state index is -3.98. The predicted octanol–water partition coefficient (Wildman–Crippen LogP) is 4.85. The molecule has 0 spiro atoms. The Morgan fingerprint density at radius 2 is 1.78 bits per heavy atom. The van der Waals surface area contributed by atoms with E-state index in [1.165, 1.54) is 0 Å². The highest BCUT2D eigenvalue weighted by Crippen LogP contribution is 2.47. The Labute approximate surface area is 327 Å². The summed E-state index contributed by atoms with van der Waals surface area (Å²) in [5, 5.41) is -0.0520. The summed E-state index contributed by atoms with van der Waals surface area (Å²) < 4.78 is 66.5. The molecular formula is C40H57ClN4O7S2. The molecule has 4 heterocycles. The summed E-state index contributed by atoms with van der Waals surface area (Å²) in [5.74, 6) is 1.27. The smallest absolute Gasteiger partial charge is 0.264 e. The van der Waals surface area contributed by atoms with Gasteiger partial charge in [0.25, 0.3) is 5.91 Å². The third-order valence-corrected chi connectivity index (χ3v) is 17.2. The third kappa shape index (κ3) is 8.61. The zero-order valence-corrected chi connectivity index (χ0v) is 34.3. The number of nitrogens with zero attached hydrogens (tertiary/aromatic N) is 3. The number of benzene rings is 1. The third-order valence-electron chi connectivity index (χ3n) is 13.2. The van der Waals surface area contributed by atoms with Gasteiger partial charge < -0.3 is 14.4 Å². The summed E-state index contributed by atoms with van der Waals surface area (Å²) >= 11 is 6.43. The number of halogens is 1. The Bertz CT molecular complexity index is 1850. The number of nitrogens with one attached hydrogen (secondary N) is 1. The van der Waals surface area contributed by atoms with Crippen LogP contribution in [0.3, 0.4) is 0 Å². The lowest BCUT2D eigenvalue weighted by Crippen LogP contribution is -2.62. The van der Waals surface area contributed by atoms with E-state index in [1.807, 2.05) is 25.1 Å².